The number of thiophene rings is 1. The maximum absolute atomic E-state index is 13.2. The van der Waals surface area contributed by atoms with Crippen molar-refractivity contribution in [2.45, 2.75) is 23.9 Å². The van der Waals surface area contributed by atoms with Crippen LogP contribution in [0, 0.1) is 11.6 Å². The Balaban J connectivity index is 1.49. The molecule has 2 heterocycles. The van der Waals surface area contributed by atoms with Gasteiger partial charge in [-0.1, -0.05) is 6.07 Å². The predicted octanol–water partition coefficient (Wildman–Crippen LogP) is 4.26. The third-order valence-electron chi connectivity index (χ3n) is 5.67. The molecule has 0 spiro atoms. The maximum Gasteiger partial charge on any atom is 0.240 e. The first-order valence-electron chi connectivity index (χ1n) is 10.4. The molecule has 3 aromatic rings. The topological polar surface area (TPSA) is 52.7 Å². The Morgan fingerprint density at radius 3 is 2.06 bits per heavy atom. The van der Waals surface area contributed by atoms with Crippen molar-refractivity contribution >= 4 is 27.0 Å². The summed E-state index contributed by atoms with van der Waals surface area (Å²) in [5.41, 5.74) is 0.976. The summed E-state index contributed by atoms with van der Waals surface area (Å²) in [5.74, 6) is -0.736. The molecule has 1 aliphatic heterocycles. The van der Waals surface area contributed by atoms with Crippen LogP contribution in [0.3, 0.4) is 0 Å². The minimum Gasteiger partial charge on any atom is -0.369 e. The number of nitrogens with one attached hydrogen (secondary N) is 1. The van der Waals surface area contributed by atoms with Gasteiger partial charge in [-0.25, -0.2) is 21.9 Å². The minimum atomic E-state index is -3.79. The van der Waals surface area contributed by atoms with E-state index < -0.39 is 21.9 Å². The number of nitrogens with zero attached hydrogens (tertiary/aromatic N) is 2. The van der Waals surface area contributed by atoms with Crippen LogP contribution in [0.15, 0.2) is 70.9 Å². The highest BCUT2D eigenvalue weighted by Gasteiger charge is 2.32. The molecule has 9 heteroatoms. The van der Waals surface area contributed by atoms with Gasteiger partial charge in [0, 0.05) is 42.8 Å². The van der Waals surface area contributed by atoms with E-state index in [-0.39, 0.29) is 16.8 Å². The van der Waals surface area contributed by atoms with Crippen LogP contribution in [0.1, 0.15) is 17.8 Å². The molecule has 1 saturated heterocycles. The summed E-state index contributed by atoms with van der Waals surface area (Å²) in [4.78, 5) is 5.60. The van der Waals surface area contributed by atoms with Crippen molar-refractivity contribution in [2.24, 2.45) is 0 Å². The molecule has 1 fully saturated rings. The van der Waals surface area contributed by atoms with E-state index >= 15 is 0 Å². The van der Waals surface area contributed by atoms with E-state index in [1.54, 1.807) is 23.5 Å². The second-order valence-electron chi connectivity index (χ2n) is 7.82. The van der Waals surface area contributed by atoms with Gasteiger partial charge in [0.1, 0.15) is 11.6 Å². The van der Waals surface area contributed by atoms with Gasteiger partial charge < -0.3 is 4.90 Å². The fourth-order valence-corrected chi connectivity index (χ4v) is 6.32. The zero-order valence-corrected chi connectivity index (χ0v) is 19.3. The lowest BCUT2D eigenvalue weighted by molar-refractivity contribution is 0.164. The van der Waals surface area contributed by atoms with Crippen molar-refractivity contribution < 1.29 is 17.2 Å². The molecule has 0 amide bonds. The van der Waals surface area contributed by atoms with E-state index in [1.807, 2.05) is 24.4 Å². The zero-order chi connectivity index (χ0) is 22.7. The first-order chi connectivity index (χ1) is 15.3. The Morgan fingerprint density at radius 1 is 0.906 bits per heavy atom. The molecule has 0 bridgehead atoms. The summed E-state index contributed by atoms with van der Waals surface area (Å²) < 4.78 is 55.0. The molecule has 170 valence electrons. The molecule has 1 aliphatic rings. The largest absolute Gasteiger partial charge is 0.369 e. The lowest BCUT2D eigenvalue weighted by atomic mass is 10.1. The van der Waals surface area contributed by atoms with Gasteiger partial charge in [-0.05, 0) is 66.9 Å². The van der Waals surface area contributed by atoms with Gasteiger partial charge in [0.05, 0.1) is 10.9 Å². The van der Waals surface area contributed by atoms with E-state index in [9.17, 15) is 17.2 Å². The first kappa shape index (κ1) is 22.8. The molecule has 2 aromatic carbocycles. The van der Waals surface area contributed by atoms with Gasteiger partial charge in [0.15, 0.2) is 0 Å². The second kappa shape index (κ2) is 9.66. The summed E-state index contributed by atoms with van der Waals surface area (Å²) in [6, 6.07) is 14.7. The van der Waals surface area contributed by atoms with Crippen molar-refractivity contribution in [2.75, 3.05) is 31.1 Å². The number of hydrogen-bond donors (Lipinski definition) is 1. The minimum absolute atomic E-state index is 0.0387. The molecule has 1 N–H and O–H groups in total. The van der Waals surface area contributed by atoms with Gasteiger partial charge in [-0.3, -0.25) is 4.90 Å². The molecule has 1 aromatic heterocycles. The predicted molar refractivity (Wildman–Crippen MR) is 123 cm³/mol. The maximum atomic E-state index is 13.2. The highest BCUT2D eigenvalue weighted by Crippen LogP contribution is 2.31. The number of halogens is 2. The van der Waals surface area contributed by atoms with Crippen LogP contribution in [0.5, 0.6) is 0 Å². The van der Waals surface area contributed by atoms with Gasteiger partial charge in [0.2, 0.25) is 10.0 Å². The molecule has 5 nitrogen and oxygen atoms in total. The van der Waals surface area contributed by atoms with E-state index in [4.69, 9.17) is 0 Å². The Morgan fingerprint density at radius 2 is 1.50 bits per heavy atom. The van der Waals surface area contributed by atoms with Crippen molar-refractivity contribution in [3.63, 3.8) is 0 Å². The Labute approximate surface area is 191 Å². The molecule has 0 unspecified atom stereocenters. The SMILES string of the molecule is C[C@H](NS(=O)(=O)c1ccc(F)cc1)[C@H](c1cccs1)N1CCN(c2ccc(F)cc2)CC1. The van der Waals surface area contributed by atoms with E-state index in [1.165, 1.54) is 24.3 Å². The molecule has 2 atom stereocenters. The van der Waals surface area contributed by atoms with E-state index in [0.29, 0.717) is 0 Å². The fourth-order valence-electron chi connectivity index (χ4n) is 4.10. The van der Waals surface area contributed by atoms with Crippen LogP contribution in [0.4, 0.5) is 14.5 Å². The number of hydrogen-bond acceptors (Lipinski definition) is 5. The Bertz CT molecular complexity index is 1110. The number of sulfonamides is 1. The van der Waals surface area contributed by atoms with E-state index in [0.717, 1.165) is 48.9 Å². The van der Waals surface area contributed by atoms with Gasteiger partial charge in [-0.2, -0.15) is 0 Å². The Kier molecular flexibility index (Phi) is 6.90. The van der Waals surface area contributed by atoms with Crippen molar-refractivity contribution in [3.05, 3.63) is 82.6 Å². The molecule has 0 saturated carbocycles. The Hall–Kier alpha value is -2.33. The zero-order valence-electron chi connectivity index (χ0n) is 17.6. The van der Waals surface area contributed by atoms with Crippen LogP contribution >= 0.6 is 11.3 Å². The van der Waals surface area contributed by atoms with Crippen LogP contribution < -0.4 is 9.62 Å². The molecular formula is C23H25F2N3O2S2. The fraction of sp³-hybridized carbons (Fsp3) is 0.304. The normalized spacial score (nSPS) is 17.3. The third kappa shape index (κ3) is 5.17. The monoisotopic (exact) mass is 477 g/mol. The van der Waals surface area contributed by atoms with Crippen LogP contribution in [-0.4, -0.2) is 45.5 Å². The van der Waals surface area contributed by atoms with Crippen molar-refractivity contribution in [3.8, 4) is 0 Å². The molecular weight excluding hydrogens is 452 g/mol. The quantitative estimate of drug-likeness (QED) is 0.553. The number of benzene rings is 2. The highest BCUT2D eigenvalue weighted by atomic mass is 32.2. The van der Waals surface area contributed by atoms with Gasteiger partial charge >= 0.3 is 0 Å². The smallest absolute Gasteiger partial charge is 0.240 e. The van der Waals surface area contributed by atoms with Gasteiger partial charge in [0.25, 0.3) is 0 Å². The number of piperazine rings is 1. The summed E-state index contributed by atoms with van der Waals surface area (Å²) in [6.45, 7) is 4.85. The summed E-state index contributed by atoms with van der Waals surface area (Å²) in [7, 11) is -3.79. The number of rotatable bonds is 7. The lowest BCUT2D eigenvalue weighted by Gasteiger charge is -2.42. The number of anilines is 1. The summed E-state index contributed by atoms with van der Waals surface area (Å²) >= 11 is 1.59. The lowest BCUT2D eigenvalue weighted by Crippen LogP contribution is -2.52. The molecule has 32 heavy (non-hydrogen) atoms. The average molecular weight is 478 g/mol. The molecule has 4 rings (SSSR count). The first-order valence-corrected chi connectivity index (χ1v) is 12.8. The highest BCUT2D eigenvalue weighted by molar-refractivity contribution is 7.89. The van der Waals surface area contributed by atoms with Crippen molar-refractivity contribution in [1.82, 2.24) is 9.62 Å². The van der Waals surface area contributed by atoms with Crippen LogP contribution in [-0.2, 0) is 10.0 Å². The molecule has 0 aliphatic carbocycles. The van der Waals surface area contributed by atoms with Crippen LogP contribution in [0.25, 0.3) is 0 Å². The van der Waals surface area contributed by atoms with Crippen LogP contribution in [0.2, 0.25) is 0 Å². The summed E-state index contributed by atoms with van der Waals surface area (Å²) in [6.07, 6.45) is 0. The third-order valence-corrected chi connectivity index (χ3v) is 8.19. The van der Waals surface area contributed by atoms with Gasteiger partial charge in [-0.15, -0.1) is 11.3 Å². The second-order valence-corrected chi connectivity index (χ2v) is 10.5. The standard InChI is InChI=1S/C23H25F2N3O2S2/c1-17(26-32(29,30)21-10-6-19(25)7-11-21)23(22-3-2-16-31-22)28-14-12-27(13-15-28)20-8-4-18(24)5-9-20/h2-11,16-17,23,26H,12-15H2,1H3/t17-,23+/m0/s1. The average Bonchev–Trinajstić information content (AvgIpc) is 3.29. The van der Waals surface area contributed by atoms with E-state index in [2.05, 4.69) is 14.5 Å². The molecule has 0 radical (unpaired) electrons. The summed E-state index contributed by atoms with van der Waals surface area (Å²) in [5, 5.41) is 1.98. The van der Waals surface area contributed by atoms with Crippen molar-refractivity contribution in [1.29, 1.82) is 0 Å².